The van der Waals surface area contributed by atoms with E-state index in [1.54, 1.807) is 20.4 Å². The first-order valence-electron chi connectivity index (χ1n) is 9.30. The fraction of sp³-hybridized carbons (Fsp3) is 0.526. The van der Waals surface area contributed by atoms with Crippen LogP contribution in [0.4, 0.5) is 17.6 Å². The van der Waals surface area contributed by atoms with Crippen LogP contribution in [-0.2, 0) is 4.74 Å². The molecule has 4 atom stereocenters. The van der Waals surface area contributed by atoms with E-state index in [0.29, 0.717) is 17.7 Å². The number of pyridine rings is 1. The summed E-state index contributed by atoms with van der Waals surface area (Å²) in [7, 11) is 3.38. The zero-order valence-electron chi connectivity index (χ0n) is 15.7. The molecule has 0 spiro atoms. The van der Waals surface area contributed by atoms with Crippen molar-refractivity contribution in [3.8, 4) is 5.88 Å². The van der Waals surface area contributed by atoms with E-state index in [9.17, 15) is 0 Å². The Kier molecular flexibility index (Phi) is 4.98. The highest BCUT2D eigenvalue weighted by atomic mass is 16.5. The summed E-state index contributed by atoms with van der Waals surface area (Å²) in [5, 5.41) is 3.56. The number of ether oxygens (including phenoxy) is 2. The summed E-state index contributed by atoms with van der Waals surface area (Å²) < 4.78 is 11.0. The lowest BCUT2D eigenvalue weighted by molar-refractivity contribution is 0.0305. The molecule has 0 aromatic carbocycles. The third-order valence-electron chi connectivity index (χ3n) is 5.66. The third kappa shape index (κ3) is 3.75. The number of rotatable bonds is 5. The van der Waals surface area contributed by atoms with Crippen LogP contribution in [0, 0.1) is 11.8 Å². The first-order chi connectivity index (χ1) is 13.2. The highest BCUT2D eigenvalue weighted by molar-refractivity contribution is 5.47. The van der Waals surface area contributed by atoms with Crippen LogP contribution in [0.15, 0.2) is 30.5 Å². The second kappa shape index (κ2) is 7.56. The van der Waals surface area contributed by atoms with Gasteiger partial charge in [0.1, 0.15) is 11.6 Å². The molecule has 2 fully saturated rings. The average molecular weight is 370 g/mol. The van der Waals surface area contributed by atoms with Crippen LogP contribution in [0.5, 0.6) is 5.88 Å². The van der Waals surface area contributed by atoms with Gasteiger partial charge in [0.15, 0.2) is 0 Å². The number of nitrogens with one attached hydrogen (secondary N) is 1. The van der Waals surface area contributed by atoms with Gasteiger partial charge in [0.25, 0.3) is 0 Å². The van der Waals surface area contributed by atoms with Crippen molar-refractivity contribution in [3.63, 3.8) is 0 Å². The molecule has 3 heterocycles. The molecule has 3 N–H and O–H groups in total. The van der Waals surface area contributed by atoms with Gasteiger partial charge in [-0.25, -0.2) is 4.98 Å². The summed E-state index contributed by atoms with van der Waals surface area (Å²) >= 11 is 0. The van der Waals surface area contributed by atoms with Crippen LogP contribution in [0.2, 0.25) is 0 Å². The molecular formula is C19H26N6O2. The van der Waals surface area contributed by atoms with Gasteiger partial charge in [0.2, 0.25) is 11.8 Å². The van der Waals surface area contributed by atoms with E-state index < -0.39 is 0 Å². The summed E-state index contributed by atoms with van der Waals surface area (Å²) in [5.41, 5.74) is 5.83. The van der Waals surface area contributed by atoms with Crippen LogP contribution in [0.3, 0.4) is 0 Å². The predicted molar refractivity (Wildman–Crippen MR) is 104 cm³/mol. The highest BCUT2D eigenvalue weighted by Crippen LogP contribution is 2.40. The Hall–Kier alpha value is -2.61. The molecule has 27 heavy (non-hydrogen) atoms. The van der Waals surface area contributed by atoms with Gasteiger partial charge in [-0.05, 0) is 36.8 Å². The van der Waals surface area contributed by atoms with E-state index in [0.717, 1.165) is 37.6 Å². The first kappa shape index (κ1) is 17.8. The van der Waals surface area contributed by atoms with Gasteiger partial charge < -0.3 is 25.4 Å². The van der Waals surface area contributed by atoms with Crippen LogP contribution in [0.1, 0.15) is 12.8 Å². The molecule has 1 saturated heterocycles. The minimum Gasteiger partial charge on any atom is -0.481 e. The van der Waals surface area contributed by atoms with Gasteiger partial charge in [-0.2, -0.15) is 9.97 Å². The van der Waals surface area contributed by atoms with Crippen molar-refractivity contribution < 1.29 is 9.47 Å². The van der Waals surface area contributed by atoms with Gasteiger partial charge >= 0.3 is 0 Å². The predicted octanol–water partition coefficient (Wildman–Crippen LogP) is 1.80. The second-order valence-corrected chi connectivity index (χ2v) is 7.26. The maximum absolute atomic E-state index is 5.83. The number of hydrogen-bond acceptors (Lipinski definition) is 8. The summed E-state index contributed by atoms with van der Waals surface area (Å²) in [6.45, 7) is 1.89. The van der Waals surface area contributed by atoms with Crippen LogP contribution in [0.25, 0.3) is 0 Å². The smallest absolute Gasteiger partial charge is 0.225 e. The van der Waals surface area contributed by atoms with Crippen molar-refractivity contribution in [2.75, 3.05) is 43.3 Å². The summed E-state index contributed by atoms with van der Waals surface area (Å²) in [6.07, 6.45) is 4.02. The number of hydrogen-bond donors (Lipinski definition) is 2. The minimum atomic E-state index is 0.165. The number of nitrogens with zero attached hydrogens (tertiary/aromatic N) is 4. The Morgan fingerprint density at radius 2 is 1.96 bits per heavy atom. The number of methoxy groups -OCH3 is 2. The van der Waals surface area contributed by atoms with E-state index in [-0.39, 0.29) is 18.1 Å². The summed E-state index contributed by atoms with van der Waals surface area (Å²) in [5.74, 6) is 3.60. The van der Waals surface area contributed by atoms with E-state index in [1.165, 1.54) is 0 Å². The normalized spacial score (nSPS) is 27.3. The number of nitrogens with two attached hydrogens (primary N) is 1. The second-order valence-electron chi connectivity index (χ2n) is 7.26. The van der Waals surface area contributed by atoms with Crippen molar-refractivity contribution in [2.24, 2.45) is 11.8 Å². The lowest BCUT2D eigenvalue weighted by atomic mass is 9.77. The largest absolute Gasteiger partial charge is 0.481 e. The van der Waals surface area contributed by atoms with Gasteiger partial charge in [0.05, 0.1) is 19.3 Å². The molecule has 8 nitrogen and oxygen atoms in total. The van der Waals surface area contributed by atoms with Gasteiger partial charge in [0, 0.05) is 32.5 Å². The number of aromatic nitrogens is 3. The van der Waals surface area contributed by atoms with Crippen molar-refractivity contribution >= 4 is 17.6 Å². The Morgan fingerprint density at radius 3 is 2.67 bits per heavy atom. The molecule has 4 rings (SSSR count). The average Bonchev–Trinajstić information content (AvgIpc) is 3.10. The molecule has 2 aromatic heterocycles. The molecule has 0 bridgehead atoms. The first-order valence-corrected chi connectivity index (χ1v) is 9.30. The molecule has 0 unspecified atom stereocenters. The van der Waals surface area contributed by atoms with Crippen molar-refractivity contribution in [2.45, 2.75) is 25.0 Å². The summed E-state index contributed by atoms with van der Waals surface area (Å²) in [4.78, 5) is 15.2. The van der Waals surface area contributed by atoms with Gasteiger partial charge in [-0.1, -0.05) is 6.07 Å². The molecular weight excluding hydrogens is 344 g/mol. The van der Waals surface area contributed by atoms with E-state index in [4.69, 9.17) is 15.2 Å². The topological polar surface area (TPSA) is 98.4 Å². The van der Waals surface area contributed by atoms with Crippen LogP contribution >= 0.6 is 0 Å². The Balaban J connectivity index is 1.48. The molecule has 2 aromatic rings. The molecule has 0 amide bonds. The fourth-order valence-electron chi connectivity index (χ4n) is 4.35. The number of anilines is 3. The Morgan fingerprint density at radius 1 is 1.15 bits per heavy atom. The lowest BCUT2D eigenvalue weighted by Crippen LogP contribution is -2.44. The van der Waals surface area contributed by atoms with Gasteiger partial charge in [-0.15, -0.1) is 0 Å². The molecule has 2 aliphatic rings. The molecule has 144 valence electrons. The molecule has 1 saturated carbocycles. The monoisotopic (exact) mass is 370 g/mol. The van der Waals surface area contributed by atoms with E-state index in [1.807, 2.05) is 24.3 Å². The van der Waals surface area contributed by atoms with E-state index in [2.05, 4.69) is 25.2 Å². The van der Waals surface area contributed by atoms with Crippen molar-refractivity contribution in [1.82, 2.24) is 15.0 Å². The number of fused-ring (bicyclic) bond motifs is 1. The Bertz CT molecular complexity index is 774. The third-order valence-corrected chi connectivity index (χ3v) is 5.66. The van der Waals surface area contributed by atoms with Crippen LogP contribution < -0.4 is 20.7 Å². The number of nitrogen functional groups attached to an aromatic ring is 1. The fourth-order valence-corrected chi connectivity index (χ4v) is 4.35. The SMILES string of the molecule is COc1cc(N2C[C@H]3C[C@@H](Nc4ccccn4)[C@H](OC)C[C@H]3C2)nc(N)n1. The molecule has 0 radical (unpaired) electrons. The van der Waals surface area contributed by atoms with Crippen LogP contribution in [-0.4, -0.2) is 54.4 Å². The quantitative estimate of drug-likeness (QED) is 0.822. The maximum atomic E-state index is 5.83. The summed E-state index contributed by atoms with van der Waals surface area (Å²) in [6, 6.07) is 8.01. The zero-order valence-corrected chi connectivity index (χ0v) is 15.7. The maximum Gasteiger partial charge on any atom is 0.225 e. The molecule has 1 aliphatic heterocycles. The zero-order chi connectivity index (χ0) is 18.8. The van der Waals surface area contributed by atoms with Crippen molar-refractivity contribution in [1.29, 1.82) is 0 Å². The Labute approximate surface area is 159 Å². The highest BCUT2D eigenvalue weighted by Gasteiger charge is 2.43. The molecule has 1 aliphatic carbocycles. The lowest BCUT2D eigenvalue weighted by Gasteiger charge is -2.37. The standard InChI is InChI=1S/C19H26N6O2/c1-26-15-8-13-11-25(17-9-18(27-2)24-19(20)23-17)10-12(13)7-14(15)22-16-5-3-4-6-21-16/h3-6,9,12-15H,7-8,10-11H2,1-2H3,(H,21,22)(H2,20,23,24)/t12-,13+,14-,15-/m1/s1. The van der Waals surface area contributed by atoms with E-state index >= 15 is 0 Å². The van der Waals surface area contributed by atoms with Gasteiger partial charge in [-0.3, -0.25) is 0 Å². The minimum absolute atomic E-state index is 0.165. The molecule has 8 heteroatoms. The van der Waals surface area contributed by atoms with Crippen molar-refractivity contribution in [3.05, 3.63) is 30.5 Å².